The summed E-state index contributed by atoms with van der Waals surface area (Å²) in [7, 11) is 0. The van der Waals surface area contributed by atoms with Gasteiger partial charge in [0, 0.05) is 44.3 Å². The predicted molar refractivity (Wildman–Crippen MR) is 279 cm³/mol. The van der Waals surface area contributed by atoms with Crippen LogP contribution in [0.15, 0.2) is 121 Å². The quantitative estimate of drug-likeness (QED) is 0.114. The first-order chi connectivity index (χ1) is 31.1. The molecule has 4 nitrogen and oxygen atoms in total. The smallest absolute Gasteiger partial charge is 0.169 e. The lowest BCUT2D eigenvalue weighted by molar-refractivity contribution is 0.402. The van der Waals surface area contributed by atoms with E-state index in [-0.39, 0.29) is 28.2 Å². The van der Waals surface area contributed by atoms with E-state index < -0.39 is 0 Å². The van der Waals surface area contributed by atoms with Crippen LogP contribution in [0.4, 0.5) is 0 Å². The SMILES string of the molecule is CCC(C)c1cccc(-c2ccccc2)c1Oc1cc(C(C)(C)C)cc(CSC2CCCCCC[C@@H]2SCc2cc(C(C)(C)C)cc(Oc3c(C)cccc3-c3ccccc3)c2O)c1O. The van der Waals surface area contributed by atoms with E-state index in [4.69, 9.17) is 9.47 Å². The van der Waals surface area contributed by atoms with Gasteiger partial charge in [-0.1, -0.05) is 190 Å². The van der Waals surface area contributed by atoms with E-state index in [9.17, 15) is 10.2 Å². The van der Waals surface area contributed by atoms with Gasteiger partial charge in [-0.15, -0.1) is 0 Å². The van der Waals surface area contributed by atoms with Gasteiger partial charge in [0.25, 0.3) is 0 Å². The number of ether oxygens (including phenoxy) is 2. The van der Waals surface area contributed by atoms with Crippen molar-refractivity contribution < 1.29 is 19.7 Å². The van der Waals surface area contributed by atoms with Crippen LogP contribution in [-0.4, -0.2) is 20.7 Å². The Kier molecular flexibility index (Phi) is 15.7. The summed E-state index contributed by atoms with van der Waals surface area (Å²) in [5.74, 6) is 4.65. The number of hydrogen-bond acceptors (Lipinski definition) is 6. The van der Waals surface area contributed by atoms with Crippen LogP contribution in [0.2, 0.25) is 0 Å². The van der Waals surface area contributed by atoms with Crippen molar-refractivity contribution in [3.8, 4) is 56.8 Å². The molecular formula is C59H70O4S2. The summed E-state index contributed by atoms with van der Waals surface area (Å²) in [5.41, 5.74) is 10.1. The topological polar surface area (TPSA) is 58.9 Å². The minimum atomic E-state index is -0.156. The minimum Gasteiger partial charge on any atom is -0.504 e. The first-order valence-electron chi connectivity index (χ1n) is 23.8. The van der Waals surface area contributed by atoms with Crippen molar-refractivity contribution in [3.05, 3.63) is 155 Å². The highest BCUT2D eigenvalue weighted by molar-refractivity contribution is 8.03. The van der Waals surface area contributed by atoms with Crippen molar-refractivity contribution in [2.24, 2.45) is 0 Å². The molecule has 65 heavy (non-hydrogen) atoms. The summed E-state index contributed by atoms with van der Waals surface area (Å²) in [6, 6.07) is 41.9. The van der Waals surface area contributed by atoms with Gasteiger partial charge in [0.15, 0.2) is 23.0 Å². The molecular weight excluding hydrogens is 837 g/mol. The third kappa shape index (κ3) is 11.8. The van der Waals surface area contributed by atoms with Crippen LogP contribution in [-0.2, 0) is 22.3 Å². The maximum atomic E-state index is 12.2. The lowest BCUT2D eigenvalue weighted by Crippen LogP contribution is -2.22. The second-order valence-electron chi connectivity index (χ2n) is 20.1. The van der Waals surface area contributed by atoms with Crippen LogP contribution in [0.25, 0.3) is 22.3 Å². The molecule has 1 fully saturated rings. The van der Waals surface area contributed by atoms with Gasteiger partial charge in [0.05, 0.1) is 0 Å². The highest BCUT2D eigenvalue weighted by Crippen LogP contribution is 2.48. The Morgan fingerprint density at radius 2 is 1.02 bits per heavy atom. The fourth-order valence-corrected chi connectivity index (χ4v) is 11.8. The van der Waals surface area contributed by atoms with E-state index in [2.05, 4.69) is 153 Å². The zero-order chi connectivity index (χ0) is 46.3. The van der Waals surface area contributed by atoms with Crippen molar-refractivity contribution in [1.29, 1.82) is 0 Å². The molecule has 7 rings (SSSR count). The second kappa shape index (κ2) is 21.2. The number of phenolic OH excluding ortho intramolecular Hbond substituents is 2. The normalized spacial score (nSPS) is 16.4. The number of thioether (sulfide) groups is 2. The van der Waals surface area contributed by atoms with Crippen molar-refractivity contribution in [3.63, 3.8) is 0 Å². The van der Waals surface area contributed by atoms with Gasteiger partial charge in [-0.3, -0.25) is 0 Å². The molecule has 0 radical (unpaired) electrons. The van der Waals surface area contributed by atoms with Crippen molar-refractivity contribution >= 4 is 23.5 Å². The van der Waals surface area contributed by atoms with Crippen LogP contribution >= 0.6 is 23.5 Å². The third-order valence-electron chi connectivity index (χ3n) is 13.1. The summed E-state index contributed by atoms with van der Waals surface area (Å²) in [6.07, 6.45) is 8.08. The summed E-state index contributed by atoms with van der Waals surface area (Å²) in [5, 5.41) is 25.0. The third-order valence-corrected chi connectivity index (χ3v) is 16.2. The predicted octanol–water partition coefficient (Wildman–Crippen LogP) is 17.7. The van der Waals surface area contributed by atoms with Crippen LogP contribution < -0.4 is 9.47 Å². The van der Waals surface area contributed by atoms with E-state index in [1.165, 1.54) is 25.7 Å². The van der Waals surface area contributed by atoms with E-state index >= 15 is 0 Å². The Morgan fingerprint density at radius 3 is 1.48 bits per heavy atom. The lowest BCUT2D eigenvalue weighted by Gasteiger charge is -2.30. The van der Waals surface area contributed by atoms with Gasteiger partial charge in [-0.05, 0) is 88.4 Å². The number of phenols is 2. The number of aryl methyl sites for hydroxylation is 1. The van der Waals surface area contributed by atoms with E-state index in [1.54, 1.807) is 0 Å². The molecule has 0 heterocycles. The maximum absolute atomic E-state index is 12.2. The van der Waals surface area contributed by atoms with Gasteiger partial charge >= 0.3 is 0 Å². The minimum absolute atomic E-state index is 0.149. The Hall–Kier alpha value is -4.78. The molecule has 3 atom stereocenters. The van der Waals surface area contributed by atoms with Crippen LogP contribution in [0.1, 0.15) is 140 Å². The average molecular weight is 907 g/mol. The molecule has 2 unspecified atom stereocenters. The number of rotatable bonds is 14. The largest absolute Gasteiger partial charge is 0.504 e. The average Bonchev–Trinajstić information content (AvgIpc) is 3.28. The second-order valence-corrected chi connectivity index (χ2v) is 22.5. The number of aromatic hydroxyl groups is 2. The van der Waals surface area contributed by atoms with E-state index in [0.29, 0.717) is 33.5 Å². The lowest BCUT2D eigenvalue weighted by atomic mass is 9.86. The fraction of sp³-hybridized carbons (Fsp3) is 0.390. The maximum Gasteiger partial charge on any atom is 0.169 e. The van der Waals surface area contributed by atoms with Crippen LogP contribution in [0.3, 0.4) is 0 Å². The molecule has 6 aromatic rings. The van der Waals surface area contributed by atoms with Crippen LogP contribution in [0, 0.1) is 6.92 Å². The Bertz CT molecular complexity index is 2520. The summed E-state index contributed by atoms with van der Waals surface area (Å²) in [4.78, 5) is 0. The molecule has 6 aromatic carbocycles. The highest BCUT2D eigenvalue weighted by atomic mass is 32.2. The summed E-state index contributed by atoms with van der Waals surface area (Å²) >= 11 is 3.94. The van der Waals surface area contributed by atoms with Gasteiger partial charge in [0.1, 0.15) is 11.5 Å². The molecule has 0 saturated heterocycles. The first kappa shape index (κ1) is 48.2. The van der Waals surface area contributed by atoms with Gasteiger partial charge in [-0.25, -0.2) is 0 Å². The molecule has 342 valence electrons. The standard InChI is InChI=1S/C59H70O4S2/c1-10-39(2)47-28-22-30-49(42-26-17-14-18-27-42)57(47)63-51-36-46(59(7,8)9)34-44(55(51)61)38-65-53-32-20-12-11-19-31-52(53)64-37-43-33-45(58(4,5)6)35-50(54(43)60)62-56-40(3)23-21-29-48(56)41-24-15-13-16-25-41/h13-18,21-30,33-36,39,52-53,60-61H,10-12,19-20,31-32,37-38H2,1-9H3/t39?,52-,53?/m0/s1. The Morgan fingerprint density at radius 1 is 0.569 bits per heavy atom. The summed E-state index contributed by atoms with van der Waals surface area (Å²) in [6.45, 7) is 19.9. The van der Waals surface area contributed by atoms with Crippen molar-refractivity contribution in [1.82, 2.24) is 0 Å². The molecule has 0 bridgehead atoms. The highest BCUT2D eigenvalue weighted by Gasteiger charge is 2.29. The first-order valence-corrected chi connectivity index (χ1v) is 25.9. The van der Waals surface area contributed by atoms with Gasteiger partial charge in [-0.2, -0.15) is 23.5 Å². The van der Waals surface area contributed by atoms with Crippen molar-refractivity contribution in [2.45, 2.75) is 146 Å². The molecule has 6 heteroatoms. The zero-order valence-electron chi connectivity index (χ0n) is 40.2. The molecule has 1 saturated carbocycles. The van der Waals surface area contributed by atoms with Gasteiger partial charge < -0.3 is 19.7 Å². The molecule has 0 aromatic heterocycles. The zero-order valence-corrected chi connectivity index (χ0v) is 41.8. The molecule has 0 aliphatic heterocycles. The fourth-order valence-electron chi connectivity index (χ4n) is 8.74. The van der Waals surface area contributed by atoms with E-state index in [1.807, 2.05) is 53.9 Å². The monoisotopic (exact) mass is 906 g/mol. The summed E-state index contributed by atoms with van der Waals surface area (Å²) < 4.78 is 13.8. The van der Waals surface area contributed by atoms with Gasteiger partial charge in [0.2, 0.25) is 0 Å². The molecule has 0 spiro atoms. The van der Waals surface area contributed by atoms with E-state index in [0.717, 1.165) is 86.4 Å². The molecule has 2 N–H and O–H groups in total. The molecule has 0 amide bonds. The molecule has 1 aliphatic carbocycles. The Balaban J connectivity index is 1.17. The number of benzene rings is 6. The number of para-hydroxylation sites is 2. The van der Waals surface area contributed by atoms with Crippen LogP contribution in [0.5, 0.6) is 34.5 Å². The van der Waals surface area contributed by atoms with Crippen molar-refractivity contribution in [2.75, 3.05) is 0 Å². The Labute approximate surface area is 398 Å². The number of hydrogen-bond donors (Lipinski definition) is 2. The molecule has 1 aliphatic rings.